The number of carbonyl (C=O) groups is 1. The van der Waals surface area contributed by atoms with Crippen molar-refractivity contribution in [3.63, 3.8) is 0 Å². The summed E-state index contributed by atoms with van der Waals surface area (Å²) in [5.41, 5.74) is 2.21. The number of likely N-dealkylation sites (tertiary alicyclic amines) is 1. The Labute approximate surface area is 151 Å². The molecular weight excluding hydrogens is 310 g/mol. The molecule has 4 nitrogen and oxygen atoms in total. The minimum absolute atomic E-state index is 0.165. The van der Waals surface area contributed by atoms with Crippen molar-refractivity contribution in [2.75, 3.05) is 42.9 Å². The van der Waals surface area contributed by atoms with E-state index in [0.717, 1.165) is 30.6 Å². The van der Waals surface area contributed by atoms with Gasteiger partial charge in [-0.15, -0.1) is 0 Å². The summed E-state index contributed by atoms with van der Waals surface area (Å²) in [5.74, 6) is 1.97. The van der Waals surface area contributed by atoms with Crippen LogP contribution in [0.3, 0.4) is 0 Å². The number of hydrogen-bond acceptors (Lipinski definition) is 2. The third-order valence-electron chi connectivity index (χ3n) is 6.52. The van der Waals surface area contributed by atoms with Crippen LogP contribution in [0, 0.1) is 11.8 Å². The molecule has 1 aromatic rings. The van der Waals surface area contributed by atoms with E-state index in [1.807, 2.05) is 12.1 Å². The quantitative estimate of drug-likeness (QED) is 0.881. The van der Waals surface area contributed by atoms with Gasteiger partial charge in [0.05, 0.1) is 13.1 Å². The predicted octanol–water partition coefficient (Wildman–Crippen LogP) is 2.32. The number of anilines is 2. The Bertz CT molecular complexity index is 579. The number of amides is 1. The topological polar surface area (TPSA) is 36.8 Å². The van der Waals surface area contributed by atoms with Gasteiger partial charge in [0, 0.05) is 30.4 Å². The molecule has 4 heteroatoms. The maximum atomic E-state index is 12.4. The van der Waals surface area contributed by atoms with Gasteiger partial charge < -0.3 is 15.1 Å². The second-order valence-electron chi connectivity index (χ2n) is 8.26. The number of quaternary nitrogens is 1. The SMILES string of the molecule is O=C(C[NH+]1CC[C@H]2CCCC[C@@H]2C1)Nc1ccc(N2CCCC2)cc1. The Morgan fingerprint density at radius 2 is 1.72 bits per heavy atom. The number of fused-ring (bicyclic) bond motifs is 1. The van der Waals surface area contributed by atoms with E-state index in [2.05, 4.69) is 22.3 Å². The van der Waals surface area contributed by atoms with Crippen molar-refractivity contribution in [2.24, 2.45) is 11.8 Å². The zero-order valence-electron chi connectivity index (χ0n) is 15.3. The summed E-state index contributed by atoms with van der Waals surface area (Å²) in [6.07, 6.45) is 9.52. The van der Waals surface area contributed by atoms with Crippen LogP contribution in [-0.2, 0) is 4.79 Å². The highest BCUT2D eigenvalue weighted by atomic mass is 16.2. The van der Waals surface area contributed by atoms with Crippen molar-refractivity contribution in [3.05, 3.63) is 24.3 Å². The van der Waals surface area contributed by atoms with Gasteiger partial charge in [-0.3, -0.25) is 4.79 Å². The smallest absolute Gasteiger partial charge is 0.279 e. The molecule has 2 N–H and O–H groups in total. The molecule has 1 saturated carbocycles. The predicted molar refractivity (Wildman–Crippen MR) is 102 cm³/mol. The summed E-state index contributed by atoms with van der Waals surface area (Å²) in [5, 5.41) is 3.10. The van der Waals surface area contributed by atoms with Gasteiger partial charge in [-0.1, -0.05) is 12.8 Å². The normalized spacial score (nSPS) is 29.3. The summed E-state index contributed by atoms with van der Waals surface area (Å²) in [7, 11) is 0. The van der Waals surface area contributed by atoms with E-state index in [1.54, 1.807) is 0 Å². The number of hydrogen-bond donors (Lipinski definition) is 2. The Morgan fingerprint density at radius 1 is 1.00 bits per heavy atom. The first-order valence-electron chi connectivity index (χ1n) is 10.3. The van der Waals surface area contributed by atoms with Gasteiger partial charge in [0.1, 0.15) is 0 Å². The van der Waals surface area contributed by atoms with E-state index in [4.69, 9.17) is 0 Å². The third-order valence-corrected chi connectivity index (χ3v) is 6.52. The van der Waals surface area contributed by atoms with E-state index in [0.29, 0.717) is 6.54 Å². The van der Waals surface area contributed by atoms with E-state index < -0.39 is 0 Å². The zero-order chi connectivity index (χ0) is 17.1. The van der Waals surface area contributed by atoms with Gasteiger partial charge in [-0.05, 0) is 62.3 Å². The first-order valence-corrected chi connectivity index (χ1v) is 10.3. The van der Waals surface area contributed by atoms with Crippen LogP contribution in [0.4, 0.5) is 11.4 Å². The molecule has 25 heavy (non-hydrogen) atoms. The van der Waals surface area contributed by atoms with Gasteiger partial charge >= 0.3 is 0 Å². The molecule has 1 aromatic carbocycles. The summed E-state index contributed by atoms with van der Waals surface area (Å²) in [6.45, 7) is 5.31. The molecule has 3 aliphatic rings. The average molecular weight is 343 g/mol. The molecule has 2 heterocycles. The second kappa shape index (κ2) is 7.77. The molecule has 0 aromatic heterocycles. The minimum Gasteiger partial charge on any atom is -0.372 e. The van der Waals surface area contributed by atoms with Crippen molar-refractivity contribution >= 4 is 17.3 Å². The fourth-order valence-electron chi connectivity index (χ4n) is 5.12. The van der Waals surface area contributed by atoms with Crippen LogP contribution in [0.1, 0.15) is 44.9 Å². The lowest BCUT2D eigenvalue weighted by Gasteiger charge is -2.38. The fraction of sp³-hybridized carbons (Fsp3) is 0.667. The lowest BCUT2D eigenvalue weighted by molar-refractivity contribution is -0.902. The van der Waals surface area contributed by atoms with Gasteiger partial charge in [0.15, 0.2) is 6.54 Å². The molecule has 136 valence electrons. The number of benzene rings is 1. The summed E-state index contributed by atoms with van der Waals surface area (Å²) < 4.78 is 0. The number of nitrogens with one attached hydrogen (secondary N) is 2. The standard InChI is InChI=1S/C21H31N3O/c25-21(16-23-14-11-17-5-1-2-6-18(17)15-23)22-19-7-9-20(10-8-19)24-12-3-4-13-24/h7-10,17-18H,1-6,11-16H2,(H,22,25)/p+1/t17-,18-/m1/s1. The van der Waals surface area contributed by atoms with Crippen molar-refractivity contribution in [3.8, 4) is 0 Å². The van der Waals surface area contributed by atoms with E-state index in [-0.39, 0.29) is 5.91 Å². The van der Waals surface area contributed by atoms with Gasteiger partial charge in [-0.25, -0.2) is 0 Å². The highest BCUT2D eigenvalue weighted by Gasteiger charge is 2.34. The second-order valence-corrected chi connectivity index (χ2v) is 8.26. The van der Waals surface area contributed by atoms with Crippen molar-refractivity contribution < 1.29 is 9.69 Å². The van der Waals surface area contributed by atoms with E-state index in [9.17, 15) is 4.79 Å². The molecular formula is C21H32N3O+. The van der Waals surface area contributed by atoms with Crippen molar-refractivity contribution in [2.45, 2.75) is 44.9 Å². The van der Waals surface area contributed by atoms with Crippen LogP contribution in [0.25, 0.3) is 0 Å². The molecule has 1 amide bonds. The number of nitrogens with zero attached hydrogens (tertiary/aromatic N) is 1. The molecule has 2 aliphatic heterocycles. The van der Waals surface area contributed by atoms with Gasteiger partial charge in [0.2, 0.25) is 0 Å². The van der Waals surface area contributed by atoms with Crippen LogP contribution in [-0.4, -0.2) is 38.6 Å². The molecule has 2 saturated heterocycles. The largest absolute Gasteiger partial charge is 0.372 e. The zero-order valence-corrected chi connectivity index (χ0v) is 15.3. The molecule has 1 unspecified atom stereocenters. The van der Waals surface area contributed by atoms with Gasteiger partial charge in [-0.2, -0.15) is 0 Å². The maximum Gasteiger partial charge on any atom is 0.279 e. The molecule has 0 radical (unpaired) electrons. The highest BCUT2D eigenvalue weighted by molar-refractivity contribution is 5.91. The van der Waals surface area contributed by atoms with Crippen LogP contribution < -0.4 is 15.1 Å². The Morgan fingerprint density at radius 3 is 2.48 bits per heavy atom. The average Bonchev–Trinajstić information content (AvgIpc) is 3.17. The molecule has 0 bridgehead atoms. The lowest BCUT2D eigenvalue weighted by atomic mass is 9.75. The number of piperidine rings is 1. The van der Waals surface area contributed by atoms with Crippen molar-refractivity contribution in [1.29, 1.82) is 0 Å². The summed E-state index contributed by atoms with van der Waals surface area (Å²) in [4.78, 5) is 16.3. The minimum atomic E-state index is 0.165. The molecule has 4 rings (SSSR count). The van der Waals surface area contributed by atoms with Gasteiger partial charge in [0.25, 0.3) is 5.91 Å². The fourth-order valence-corrected chi connectivity index (χ4v) is 5.12. The maximum absolute atomic E-state index is 12.4. The first-order chi connectivity index (χ1) is 12.3. The Hall–Kier alpha value is -1.55. The first kappa shape index (κ1) is 16.9. The number of rotatable bonds is 4. The Balaban J connectivity index is 1.27. The van der Waals surface area contributed by atoms with E-state index in [1.165, 1.54) is 68.6 Å². The van der Waals surface area contributed by atoms with Crippen LogP contribution in [0.15, 0.2) is 24.3 Å². The number of carbonyl (C=O) groups excluding carboxylic acids is 1. The lowest BCUT2D eigenvalue weighted by Crippen LogP contribution is -3.15. The van der Waals surface area contributed by atoms with Crippen LogP contribution in [0.2, 0.25) is 0 Å². The summed E-state index contributed by atoms with van der Waals surface area (Å²) >= 11 is 0. The molecule has 1 aliphatic carbocycles. The third kappa shape index (κ3) is 4.17. The molecule has 3 atom stereocenters. The molecule has 0 spiro atoms. The Kier molecular flexibility index (Phi) is 5.25. The van der Waals surface area contributed by atoms with Crippen LogP contribution >= 0.6 is 0 Å². The van der Waals surface area contributed by atoms with E-state index >= 15 is 0 Å². The van der Waals surface area contributed by atoms with Crippen molar-refractivity contribution in [1.82, 2.24) is 0 Å². The highest BCUT2D eigenvalue weighted by Crippen LogP contribution is 2.32. The molecule has 3 fully saturated rings. The monoisotopic (exact) mass is 342 g/mol. The summed E-state index contributed by atoms with van der Waals surface area (Å²) in [6, 6.07) is 8.38. The van der Waals surface area contributed by atoms with Crippen LogP contribution in [0.5, 0.6) is 0 Å².